The summed E-state index contributed by atoms with van der Waals surface area (Å²) in [5.74, 6) is 0.941. The molecule has 0 amide bonds. The molecule has 0 bridgehead atoms. The fourth-order valence-electron chi connectivity index (χ4n) is 1.74. The van der Waals surface area contributed by atoms with Gasteiger partial charge in [0.2, 0.25) is 5.89 Å². The number of thioether (sulfide) groups is 1. The largest absolute Gasteiger partial charge is 0.414 e. The van der Waals surface area contributed by atoms with Crippen LogP contribution in [0.15, 0.2) is 51.4 Å². The first-order valence-electron chi connectivity index (χ1n) is 6.52. The minimum atomic E-state index is -0.411. The summed E-state index contributed by atoms with van der Waals surface area (Å²) in [6.45, 7) is 3.66. The van der Waals surface area contributed by atoms with Crippen LogP contribution in [0, 0.1) is 0 Å². The summed E-state index contributed by atoms with van der Waals surface area (Å²) in [6.07, 6.45) is 1.73. The van der Waals surface area contributed by atoms with Gasteiger partial charge in [0, 0.05) is 10.8 Å². The second-order valence-corrected chi connectivity index (χ2v) is 5.78. The Kier molecular flexibility index (Phi) is 4.58. The van der Waals surface area contributed by atoms with Gasteiger partial charge in [0.15, 0.2) is 0 Å². The molecule has 0 fully saturated rings. The zero-order chi connectivity index (χ0) is 16.2. The van der Waals surface area contributed by atoms with Crippen molar-refractivity contribution >= 4 is 23.4 Å². The highest BCUT2D eigenvalue weighted by molar-refractivity contribution is 7.99. The van der Waals surface area contributed by atoms with E-state index in [4.69, 9.17) is 16.0 Å². The van der Waals surface area contributed by atoms with E-state index in [2.05, 4.69) is 27.2 Å². The van der Waals surface area contributed by atoms with Crippen LogP contribution in [0.4, 0.5) is 0 Å². The summed E-state index contributed by atoms with van der Waals surface area (Å²) in [5.41, 5.74) is 0.157. The van der Waals surface area contributed by atoms with Crippen molar-refractivity contribution in [2.24, 2.45) is 0 Å². The molecule has 118 valence electrons. The standard InChI is InChI=1S/C13H11ClN6O2S/c1-2-7-23-12-16-15-11(22-12)8-19-13(21)20(18-17-19)10-5-3-9(14)4-6-10/h2-6H,1,7-8H2. The van der Waals surface area contributed by atoms with Crippen molar-refractivity contribution in [1.82, 2.24) is 30.0 Å². The van der Waals surface area contributed by atoms with Gasteiger partial charge in [-0.05, 0) is 34.7 Å². The lowest BCUT2D eigenvalue weighted by Gasteiger charge is -1.97. The normalized spacial score (nSPS) is 10.8. The maximum atomic E-state index is 12.3. The number of benzene rings is 1. The van der Waals surface area contributed by atoms with Gasteiger partial charge in [0.25, 0.3) is 5.22 Å². The van der Waals surface area contributed by atoms with E-state index < -0.39 is 5.69 Å². The number of nitrogens with zero attached hydrogens (tertiary/aromatic N) is 6. The number of hydrogen-bond donors (Lipinski definition) is 0. The lowest BCUT2D eigenvalue weighted by Crippen LogP contribution is -2.24. The Morgan fingerprint density at radius 3 is 2.78 bits per heavy atom. The Bertz CT molecular complexity index is 869. The van der Waals surface area contributed by atoms with Crippen LogP contribution in [0.1, 0.15) is 5.89 Å². The average molecular weight is 351 g/mol. The lowest BCUT2D eigenvalue weighted by atomic mass is 10.3. The van der Waals surface area contributed by atoms with E-state index >= 15 is 0 Å². The molecule has 0 saturated carbocycles. The molecule has 0 aliphatic heterocycles. The number of rotatable bonds is 6. The van der Waals surface area contributed by atoms with E-state index in [0.29, 0.717) is 21.7 Å². The van der Waals surface area contributed by atoms with E-state index in [1.165, 1.54) is 16.4 Å². The summed E-state index contributed by atoms with van der Waals surface area (Å²) in [7, 11) is 0. The number of halogens is 1. The predicted molar refractivity (Wildman–Crippen MR) is 85.0 cm³/mol. The molecule has 2 aromatic heterocycles. The summed E-state index contributed by atoms with van der Waals surface area (Å²) in [4.78, 5) is 12.3. The second kappa shape index (κ2) is 6.80. The molecule has 3 rings (SSSR count). The summed E-state index contributed by atoms with van der Waals surface area (Å²) < 4.78 is 7.72. The monoisotopic (exact) mass is 350 g/mol. The average Bonchev–Trinajstić information content (AvgIpc) is 3.14. The maximum absolute atomic E-state index is 12.3. The number of aromatic nitrogens is 6. The molecule has 0 N–H and O–H groups in total. The van der Waals surface area contributed by atoms with E-state index in [0.717, 1.165) is 4.68 Å². The van der Waals surface area contributed by atoms with Crippen LogP contribution in [-0.4, -0.2) is 35.7 Å². The quantitative estimate of drug-likeness (QED) is 0.494. The fraction of sp³-hybridized carbons (Fsp3) is 0.154. The van der Waals surface area contributed by atoms with Gasteiger partial charge in [-0.25, -0.2) is 4.79 Å². The maximum Gasteiger partial charge on any atom is 0.368 e. The lowest BCUT2D eigenvalue weighted by molar-refractivity contribution is 0.394. The number of hydrogen-bond acceptors (Lipinski definition) is 7. The highest BCUT2D eigenvalue weighted by Gasteiger charge is 2.13. The molecule has 0 aliphatic carbocycles. The Balaban J connectivity index is 1.79. The van der Waals surface area contributed by atoms with Crippen molar-refractivity contribution in [3.8, 4) is 5.69 Å². The van der Waals surface area contributed by atoms with Crippen LogP contribution < -0.4 is 5.69 Å². The van der Waals surface area contributed by atoms with Crippen LogP contribution in [-0.2, 0) is 6.54 Å². The zero-order valence-electron chi connectivity index (χ0n) is 11.8. The third kappa shape index (κ3) is 3.51. The summed E-state index contributed by atoms with van der Waals surface area (Å²) in [6, 6.07) is 6.70. The first-order chi connectivity index (χ1) is 11.2. The molecule has 0 spiro atoms. The predicted octanol–water partition coefficient (Wildman–Crippen LogP) is 1.79. The molecule has 3 aromatic rings. The molecule has 1 aromatic carbocycles. The minimum Gasteiger partial charge on any atom is -0.414 e. The highest BCUT2D eigenvalue weighted by Crippen LogP contribution is 2.16. The third-order valence-electron chi connectivity index (χ3n) is 2.77. The van der Waals surface area contributed by atoms with Crippen molar-refractivity contribution in [3.05, 3.63) is 58.3 Å². The SMILES string of the molecule is C=CCSc1nnc(Cn2nnn(-c3ccc(Cl)cc3)c2=O)o1. The van der Waals surface area contributed by atoms with Gasteiger partial charge >= 0.3 is 5.69 Å². The number of tetrazole rings is 1. The molecule has 0 radical (unpaired) electrons. The highest BCUT2D eigenvalue weighted by atomic mass is 35.5. The van der Waals surface area contributed by atoms with Gasteiger partial charge < -0.3 is 4.42 Å². The van der Waals surface area contributed by atoms with Crippen molar-refractivity contribution in [1.29, 1.82) is 0 Å². The molecule has 8 nitrogen and oxygen atoms in total. The zero-order valence-corrected chi connectivity index (χ0v) is 13.4. The summed E-state index contributed by atoms with van der Waals surface area (Å²) in [5, 5.41) is 16.4. The van der Waals surface area contributed by atoms with Gasteiger partial charge in [0.05, 0.1) is 5.69 Å². The van der Waals surface area contributed by atoms with Gasteiger partial charge in [-0.3, -0.25) is 0 Å². The first-order valence-corrected chi connectivity index (χ1v) is 7.88. The molecule has 2 heterocycles. The molecule has 23 heavy (non-hydrogen) atoms. The molecule has 0 saturated heterocycles. The Morgan fingerprint density at radius 1 is 1.26 bits per heavy atom. The van der Waals surface area contributed by atoms with Gasteiger partial charge in [-0.2, -0.15) is 9.36 Å². The van der Waals surface area contributed by atoms with E-state index in [1.807, 2.05) is 0 Å². The van der Waals surface area contributed by atoms with E-state index in [1.54, 1.807) is 30.3 Å². The fourth-order valence-corrected chi connectivity index (χ4v) is 2.38. The van der Waals surface area contributed by atoms with E-state index in [9.17, 15) is 4.79 Å². The van der Waals surface area contributed by atoms with Crippen LogP contribution in [0.5, 0.6) is 0 Å². The molecule has 0 atom stereocenters. The van der Waals surface area contributed by atoms with Crippen molar-refractivity contribution in [2.45, 2.75) is 11.8 Å². The van der Waals surface area contributed by atoms with Crippen molar-refractivity contribution in [3.63, 3.8) is 0 Å². The molecular weight excluding hydrogens is 340 g/mol. The third-order valence-corrected chi connectivity index (χ3v) is 3.83. The molecule has 0 unspecified atom stereocenters. The first kappa shape index (κ1) is 15.5. The van der Waals surface area contributed by atoms with Crippen LogP contribution >= 0.6 is 23.4 Å². The van der Waals surface area contributed by atoms with Crippen molar-refractivity contribution < 1.29 is 4.42 Å². The smallest absolute Gasteiger partial charge is 0.368 e. The van der Waals surface area contributed by atoms with Crippen molar-refractivity contribution in [2.75, 3.05) is 5.75 Å². The van der Waals surface area contributed by atoms with Crippen LogP contribution in [0.2, 0.25) is 5.02 Å². The Labute approximate surface area is 139 Å². The molecule has 0 aliphatic rings. The van der Waals surface area contributed by atoms with Gasteiger partial charge in [-0.1, -0.05) is 29.4 Å². The molecular formula is C13H11ClN6O2S. The van der Waals surface area contributed by atoms with Gasteiger partial charge in [0.1, 0.15) is 6.54 Å². The van der Waals surface area contributed by atoms with Crippen LogP contribution in [0.3, 0.4) is 0 Å². The summed E-state index contributed by atoms with van der Waals surface area (Å²) >= 11 is 7.19. The topological polar surface area (TPSA) is 91.6 Å². The molecule has 10 heteroatoms. The minimum absolute atomic E-state index is 0.0497. The Hall–Kier alpha value is -2.39. The Morgan fingerprint density at radius 2 is 2.04 bits per heavy atom. The van der Waals surface area contributed by atoms with Gasteiger partial charge in [-0.15, -0.1) is 16.8 Å². The second-order valence-electron chi connectivity index (χ2n) is 4.37. The van der Waals surface area contributed by atoms with Crippen LogP contribution in [0.25, 0.3) is 5.69 Å². The van der Waals surface area contributed by atoms with E-state index in [-0.39, 0.29) is 12.4 Å².